The number of nitrogens with zero attached hydrogens (tertiary/aromatic N) is 4. The maximum absolute atomic E-state index is 13.0. The smallest absolute Gasteiger partial charge is 0.475 e. The van der Waals surface area contributed by atoms with E-state index >= 15 is 0 Å². The van der Waals surface area contributed by atoms with Crippen molar-refractivity contribution in [1.29, 1.82) is 0 Å². The van der Waals surface area contributed by atoms with Crippen LogP contribution in [0.1, 0.15) is 51.3 Å². The summed E-state index contributed by atoms with van der Waals surface area (Å²) in [5, 5.41) is 11.9. The van der Waals surface area contributed by atoms with Gasteiger partial charge in [-0.25, -0.2) is 4.79 Å². The lowest BCUT2D eigenvalue weighted by atomic mass is 10.0. The Balaban J connectivity index is 0.000000383. The van der Waals surface area contributed by atoms with Crippen molar-refractivity contribution in [1.82, 2.24) is 19.6 Å². The molecular weight excluding hydrogens is 437 g/mol. The largest absolute Gasteiger partial charge is 0.490 e. The zero-order chi connectivity index (χ0) is 24.3. The molecule has 0 aliphatic carbocycles. The van der Waals surface area contributed by atoms with E-state index in [1.54, 1.807) is 0 Å². The molecule has 0 atom stereocenters. The van der Waals surface area contributed by atoms with Gasteiger partial charge in [0.05, 0.1) is 17.9 Å². The van der Waals surface area contributed by atoms with Crippen molar-refractivity contribution in [3.63, 3.8) is 0 Å². The molecule has 0 radical (unpaired) electrons. The van der Waals surface area contributed by atoms with Gasteiger partial charge in [-0.15, -0.1) is 0 Å². The van der Waals surface area contributed by atoms with E-state index < -0.39 is 12.1 Å². The third-order valence-electron chi connectivity index (χ3n) is 6.19. The molecule has 1 amide bonds. The molecule has 0 saturated carbocycles. The summed E-state index contributed by atoms with van der Waals surface area (Å²) in [6, 6.07) is 5.99. The minimum Gasteiger partial charge on any atom is -0.475 e. The van der Waals surface area contributed by atoms with Crippen LogP contribution in [-0.2, 0) is 31.4 Å². The Bertz CT molecular complexity index is 1030. The number of aliphatic carboxylic acids is 1. The summed E-state index contributed by atoms with van der Waals surface area (Å²) in [6.07, 6.45) is -1.58. The number of fused-ring (bicyclic) bond motifs is 1. The van der Waals surface area contributed by atoms with Crippen LogP contribution in [0, 0.1) is 13.8 Å². The molecule has 33 heavy (non-hydrogen) atoms. The van der Waals surface area contributed by atoms with Gasteiger partial charge in [0.2, 0.25) is 0 Å². The highest BCUT2D eigenvalue weighted by atomic mass is 19.4. The number of carboxylic acids is 1. The number of hydrogen-bond donors (Lipinski definition) is 1. The minimum atomic E-state index is -5.08. The maximum atomic E-state index is 13.0. The van der Waals surface area contributed by atoms with Crippen LogP contribution >= 0.6 is 0 Å². The summed E-state index contributed by atoms with van der Waals surface area (Å²) < 4.78 is 33.7. The number of aryl methyl sites for hydroxylation is 3. The van der Waals surface area contributed by atoms with E-state index in [4.69, 9.17) is 15.0 Å². The third-order valence-corrected chi connectivity index (χ3v) is 6.19. The Morgan fingerprint density at radius 1 is 1.09 bits per heavy atom. The number of hydrogen-bond acceptors (Lipinski definition) is 4. The van der Waals surface area contributed by atoms with E-state index in [1.807, 2.05) is 34.8 Å². The summed E-state index contributed by atoms with van der Waals surface area (Å²) in [6.45, 7) is 8.89. The number of halogens is 3. The van der Waals surface area contributed by atoms with E-state index in [1.165, 1.54) is 54.0 Å². The SMILES string of the molecule is Cc1ccc(C(=O)N2CCc3c(CN4CCCC4)nn(C)c3C2)cc1C.O=C(O)C(F)(F)F. The molecule has 1 saturated heterocycles. The Hall–Kier alpha value is -2.88. The fourth-order valence-electron chi connectivity index (χ4n) is 4.17. The molecular formula is C23H29F3N4O3. The summed E-state index contributed by atoms with van der Waals surface area (Å²) in [5.74, 6) is -2.63. The fourth-order valence-corrected chi connectivity index (χ4v) is 4.17. The van der Waals surface area contributed by atoms with Gasteiger partial charge in [0, 0.05) is 31.3 Å². The first-order chi connectivity index (χ1) is 15.5. The van der Waals surface area contributed by atoms with E-state index in [0.717, 1.165) is 25.1 Å². The Morgan fingerprint density at radius 3 is 2.30 bits per heavy atom. The molecule has 1 aromatic carbocycles. The number of aromatic nitrogens is 2. The van der Waals surface area contributed by atoms with E-state index in [2.05, 4.69) is 18.7 Å². The summed E-state index contributed by atoms with van der Waals surface area (Å²) in [4.78, 5) is 26.3. The number of alkyl halides is 3. The van der Waals surface area contributed by atoms with Gasteiger partial charge in [-0.1, -0.05) is 6.07 Å². The van der Waals surface area contributed by atoms with Crippen LogP contribution in [0.3, 0.4) is 0 Å². The number of rotatable bonds is 3. The van der Waals surface area contributed by atoms with Gasteiger partial charge in [0.25, 0.3) is 5.91 Å². The molecule has 180 valence electrons. The van der Waals surface area contributed by atoms with Crippen molar-refractivity contribution >= 4 is 11.9 Å². The number of carbonyl (C=O) groups is 2. The number of carbonyl (C=O) groups excluding carboxylic acids is 1. The van der Waals surface area contributed by atoms with E-state index in [9.17, 15) is 18.0 Å². The predicted molar refractivity (Wildman–Crippen MR) is 116 cm³/mol. The van der Waals surface area contributed by atoms with Gasteiger partial charge in [-0.2, -0.15) is 18.3 Å². The second-order valence-electron chi connectivity index (χ2n) is 8.56. The lowest BCUT2D eigenvalue weighted by Crippen LogP contribution is -2.36. The van der Waals surface area contributed by atoms with Crippen LogP contribution < -0.4 is 0 Å². The highest BCUT2D eigenvalue weighted by Crippen LogP contribution is 2.25. The molecule has 10 heteroatoms. The Labute approximate surface area is 190 Å². The maximum Gasteiger partial charge on any atom is 0.490 e. The van der Waals surface area contributed by atoms with Gasteiger partial charge >= 0.3 is 12.1 Å². The molecule has 1 aromatic heterocycles. The van der Waals surface area contributed by atoms with E-state index in [0.29, 0.717) is 6.54 Å². The molecule has 2 aliphatic heterocycles. The van der Waals surface area contributed by atoms with Gasteiger partial charge in [-0.3, -0.25) is 14.4 Å². The van der Waals surface area contributed by atoms with Gasteiger partial charge in [0.1, 0.15) is 0 Å². The highest BCUT2D eigenvalue weighted by molar-refractivity contribution is 5.94. The summed E-state index contributed by atoms with van der Waals surface area (Å²) in [5.41, 5.74) is 6.95. The molecule has 1 fully saturated rings. The zero-order valence-electron chi connectivity index (χ0n) is 19.1. The van der Waals surface area contributed by atoms with E-state index in [-0.39, 0.29) is 5.91 Å². The van der Waals surface area contributed by atoms with Gasteiger partial charge in [-0.05, 0) is 69.5 Å². The lowest BCUT2D eigenvalue weighted by Gasteiger charge is -2.28. The lowest BCUT2D eigenvalue weighted by molar-refractivity contribution is -0.192. The molecule has 1 N–H and O–H groups in total. The molecule has 0 bridgehead atoms. The van der Waals surface area contributed by atoms with Crippen molar-refractivity contribution in [3.8, 4) is 0 Å². The molecule has 3 heterocycles. The number of carboxylic acid groups (broad SMARTS) is 1. The van der Waals surface area contributed by atoms with Crippen LogP contribution in [0.5, 0.6) is 0 Å². The summed E-state index contributed by atoms with van der Waals surface area (Å²) >= 11 is 0. The van der Waals surface area contributed by atoms with Crippen molar-refractivity contribution < 1.29 is 27.9 Å². The van der Waals surface area contributed by atoms with Crippen molar-refractivity contribution in [2.75, 3.05) is 19.6 Å². The molecule has 4 rings (SSSR count). The molecule has 2 aliphatic rings. The van der Waals surface area contributed by atoms with Gasteiger partial charge in [0.15, 0.2) is 0 Å². The second kappa shape index (κ2) is 9.94. The molecule has 7 nitrogen and oxygen atoms in total. The van der Waals surface area contributed by atoms with Gasteiger partial charge < -0.3 is 10.0 Å². The summed E-state index contributed by atoms with van der Waals surface area (Å²) in [7, 11) is 2.01. The van der Waals surface area contributed by atoms with Crippen LogP contribution in [0.25, 0.3) is 0 Å². The third kappa shape index (κ3) is 5.93. The molecule has 0 spiro atoms. The van der Waals surface area contributed by atoms with Crippen LogP contribution in [-0.4, -0.2) is 62.4 Å². The van der Waals surface area contributed by atoms with Crippen molar-refractivity contribution in [2.24, 2.45) is 7.05 Å². The van der Waals surface area contributed by atoms with Crippen molar-refractivity contribution in [2.45, 2.75) is 52.4 Å². The second-order valence-corrected chi connectivity index (χ2v) is 8.56. The topological polar surface area (TPSA) is 78.7 Å². The zero-order valence-corrected chi connectivity index (χ0v) is 19.1. The highest BCUT2D eigenvalue weighted by Gasteiger charge is 2.38. The Kier molecular flexibility index (Phi) is 7.46. The number of benzene rings is 1. The Morgan fingerprint density at radius 2 is 1.73 bits per heavy atom. The standard InChI is InChI=1S/C21H28N4O.C2HF3O2/c1-15-6-7-17(12-16(15)2)21(26)25-11-8-18-19(13-24-9-4-5-10-24)22-23(3)20(18)14-25;3-2(4,5)1(6)7/h6-7,12H,4-5,8-11,13-14H2,1-3H3;(H,6,7). The first kappa shape index (κ1) is 24.8. The van der Waals surface area contributed by atoms with Crippen LogP contribution in [0.2, 0.25) is 0 Å². The normalized spacial score (nSPS) is 16.2. The quantitative estimate of drug-likeness (QED) is 0.750. The number of likely N-dealkylation sites (tertiary alicyclic amines) is 1. The first-order valence-electron chi connectivity index (χ1n) is 10.9. The average molecular weight is 467 g/mol. The van der Waals surface area contributed by atoms with Crippen LogP contribution in [0.15, 0.2) is 18.2 Å². The fraction of sp³-hybridized carbons (Fsp3) is 0.522. The van der Waals surface area contributed by atoms with Crippen molar-refractivity contribution in [3.05, 3.63) is 51.8 Å². The molecule has 2 aromatic rings. The van der Waals surface area contributed by atoms with Crippen LogP contribution in [0.4, 0.5) is 13.2 Å². The first-order valence-corrected chi connectivity index (χ1v) is 10.9. The number of amides is 1. The predicted octanol–water partition coefficient (Wildman–Crippen LogP) is 3.46. The molecule has 0 unspecified atom stereocenters. The monoisotopic (exact) mass is 466 g/mol. The minimum absolute atomic E-state index is 0.126. The average Bonchev–Trinajstić information content (AvgIpc) is 3.37.